The number of rotatable bonds is 6. The van der Waals surface area contributed by atoms with Gasteiger partial charge < -0.3 is 4.90 Å². The Balaban J connectivity index is 1.16. The van der Waals surface area contributed by atoms with E-state index in [1.54, 1.807) is 0 Å². The Hall–Kier alpha value is -6.48. The third-order valence-electron chi connectivity index (χ3n) is 10.3. The topological polar surface area (TPSA) is 3.24 Å². The number of nitrogens with zero attached hydrogens (tertiary/aromatic N) is 1. The number of hydrogen-bond acceptors (Lipinski definition) is 2. The van der Waals surface area contributed by atoms with Crippen LogP contribution in [0, 0.1) is 0 Å². The maximum absolute atomic E-state index is 2.46. The molecule has 1 nitrogen and oxygen atoms in total. The van der Waals surface area contributed by atoms with E-state index in [4.69, 9.17) is 0 Å². The molecule has 0 radical (unpaired) electrons. The first-order chi connectivity index (χ1) is 25.8. The van der Waals surface area contributed by atoms with Gasteiger partial charge in [-0.05, 0) is 74.5 Å². The molecular formula is C50H33NS. The van der Waals surface area contributed by atoms with Crippen LogP contribution in [0.1, 0.15) is 0 Å². The van der Waals surface area contributed by atoms with Gasteiger partial charge in [-0.2, -0.15) is 0 Å². The van der Waals surface area contributed by atoms with Crippen LogP contribution >= 0.6 is 11.3 Å². The highest BCUT2D eigenvalue weighted by molar-refractivity contribution is 7.27. The van der Waals surface area contributed by atoms with E-state index in [0.29, 0.717) is 0 Å². The summed E-state index contributed by atoms with van der Waals surface area (Å²) in [5, 5.41) is 7.60. The molecular weight excluding hydrogens is 647 g/mol. The summed E-state index contributed by atoms with van der Waals surface area (Å²) in [5.41, 5.74) is 10.8. The second-order valence-corrected chi connectivity index (χ2v) is 14.3. The second-order valence-electron chi connectivity index (χ2n) is 13.3. The van der Waals surface area contributed by atoms with Crippen molar-refractivity contribution in [2.45, 2.75) is 0 Å². The summed E-state index contributed by atoms with van der Waals surface area (Å²) in [6.07, 6.45) is 0. The summed E-state index contributed by atoms with van der Waals surface area (Å²) in [7, 11) is 0. The van der Waals surface area contributed by atoms with Crippen LogP contribution in [0.5, 0.6) is 0 Å². The lowest BCUT2D eigenvalue weighted by Crippen LogP contribution is -2.10. The lowest BCUT2D eigenvalue weighted by Gasteiger charge is -2.27. The van der Waals surface area contributed by atoms with Crippen LogP contribution in [-0.2, 0) is 0 Å². The molecule has 0 aliphatic heterocycles. The molecule has 0 bridgehead atoms. The monoisotopic (exact) mass is 679 g/mol. The molecule has 0 N–H and O–H groups in total. The van der Waals surface area contributed by atoms with Crippen molar-refractivity contribution >= 4 is 70.1 Å². The number of thiophene rings is 1. The number of benzene rings is 9. The highest BCUT2D eigenvalue weighted by Gasteiger charge is 2.21. The van der Waals surface area contributed by atoms with Gasteiger partial charge in [0.2, 0.25) is 0 Å². The number of anilines is 3. The van der Waals surface area contributed by atoms with Crippen LogP contribution in [0.4, 0.5) is 17.1 Å². The quantitative estimate of drug-likeness (QED) is 0.169. The molecule has 0 fully saturated rings. The maximum atomic E-state index is 2.46. The lowest BCUT2D eigenvalue weighted by molar-refractivity contribution is 1.32. The van der Waals surface area contributed by atoms with Gasteiger partial charge in [-0.3, -0.25) is 0 Å². The zero-order valence-electron chi connectivity index (χ0n) is 28.4. The normalized spacial score (nSPS) is 11.5. The Labute approximate surface area is 307 Å². The maximum Gasteiger partial charge on any atom is 0.0640 e. The average Bonchev–Trinajstić information content (AvgIpc) is 3.61. The molecule has 1 heterocycles. The molecule has 0 unspecified atom stereocenters. The van der Waals surface area contributed by atoms with Gasteiger partial charge in [0.1, 0.15) is 0 Å². The molecule has 0 spiro atoms. The van der Waals surface area contributed by atoms with E-state index in [2.05, 4.69) is 205 Å². The summed E-state index contributed by atoms with van der Waals surface area (Å²) in [5.74, 6) is 0. The fraction of sp³-hybridized carbons (Fsp3) is 0. The fourth-order valence-electron chi connectivity index (χ4n) is 7.74. The van der Waals surface area contributed by atoms with E-state index in [1.165, 1.54) is 80.8 Å². The number of fused-ring (bicyclic) bond motifs is 6. The fourth-order valence-corrected chi connectivity index (χ4v) is 9.06. The molecule has 0 saturated carbocycles. The van der Waals surface area contributed by atoms with Crippen LogP contribution in [0.2, 0.25) is 0 Å². The molecule has 0 aliphatic carbocycles. The first-order valence-electron chi connectivity index (χ1n) is 17.8. The first kappa shape index (κ1) is 30.4. The summed E-state index contributed by atoms with van der Waals surface area (Å²) in [4.78, 5) is 2.46. The van der Waals surface area contributed by atoms with Crippen LogP contribution < -0.4 is 4.90 Å². The Kier molecular flexibility index (Phi) is 7.41. The predicted octanol–water partition coefficient (Wildman–Crippen LogP) is 14.8. The Morgan fingerprint density at radius 1 is 0.308 bits per heavy atom. The average molecular weight is 680 g/mol. The minimum atomic E-state index is 1.13. The molecule has 10 rings (SSSR count). The SMILES string of the molecule is c1ccc(-c2ccc(-c3ccc(N(c4cccc5ccccc45)c4cccc5c4sc4c6ccccc6c(-c6ccccc6)cc54)cc3)cc2)cc1. The van der Waals surface area contributed by atoms with Crippen molar-refractivity contribution in [1.29, 1.82) is 0 Å². The molecule has 9 aromatic carbocycles. The van der Waals surface area contributed by atoms with Gasteiger partial charge in [0.05, 0.1) is 16.1 Å². The third kappa shape index (κ3) is 5.16. The zero-order chi connectivity index (χ0) is 34.4. The molecule has 1 aromatic heterocycles. The van der Waals surface area contributed by atoms with E-state index in [9.17, 15) is 0 Å². The molecule has 52 heavy (non-hydrogen) atoms. The van der Waals surface area contributed by atoms with E-state index in [0.717, 1.165) is 11.4 Å². The molecule has 0 aliphatic rings. The van der Waals surface area contributed by atoms with Crippen LogP contribution in [0.15, 0.2) is 200 Å². The Bertz CT molecular complexity index is 2870. The smallest absolute Gasteiger partial charge is 0.0640 e. The van der Waals surface area contributed by atoms with E-state index in [-0.39, 0.29) is 0 Å². The van der Waals surface area contributed by atoms with Crippen molar-refractivity contribution in [3.63, 3.8) is 0 Å². The molecule has 2 heteroatoms. The van der Waals surface area contributed by atoms with E-state index in [1.807, 2.05) is 11.3 Å². The van der Waals surface area contributed by atoms with Gasteiger partial charge in [-0.15, -0.1) is 11.3 Å². The van der Waals surface area contributed by atoms with E-state index >= 15 is 0 Å². The van der Waals surface area contributed by atoms with Crippen molar-refractivity contribution in [2.24, 2.45) is 0 Å². The van der Waals surface area contributed by atoms with Crippen molar-refractivity contribution in [1.82, 2.24) is 0 Å². The van der Waals surface area contributed by atoms with Gasteiger partial charge in [0, 0.05) is 31.9 Å². The summed E-state index contributed by atoms with van der Waals surface area (Å²) in [6.45, 7) is 0. The largest absolute Gasteiger partial charge is 0.308 e. The Morgan fingerprint density at radius 3 is 1.50 bits per heavy atom. The Morgan fingerprint density at radius 2 is 0.788 bits per heavy atom. The predicted molar refractivity (Wildman–Crippen MR) is 225 cm³/mol. The molecule has 0 amide bonds. The van der Waals surface area contributed by atoms with Gasteiger partial charge in [0.25, 0.3) is 0 Å². The van der Waals surface area contributed by atoms with Crippen molar-refractivity contribution in [3.8, 4) is 33.4 Å². The highest BCUT2D eigenvalue weighted by Crippen LogP contribution is 2.49. The standard InChI is InChI=1S/C50H33NS/c1-3-13-34(14-4-1)35-25-27-36(28-26-35)37-29-31-40(32-30-37)51(47-23-11-18-38-17-7-8-19-41(38)47)48-24-12-22-44-46-33-45(39-15-5-2-6-16-39)42-20-9-10-21-43(42)49(46)52-50(44)48/h1-33H. The highest BCUT2D eigenvalue weighted by atomic mass is 32.1. The summed E-state index contributed by atoms with van der Waals surface area (Å²) >= 11 is 1.90. The summed E-state index contributed by atoms with van der Waals surface area (Å²) < 4.78 is 2.60. The minimum absolute atomic E-state index is 1.13. The van der Waals surface area contributed by atoms with E-state index < -0.39 is 0 Å². The zero-order valence-corrected chi connectivity index (χ0v) is 29.2. The second kappa shape index (κ2) is 12.7. The number of hydrogen-bond donors (Lipinski definition) is 0. The molecule has 0 atom stereocenters. The van der Waals surface area contributed by atoms with Crippen LogP contribution in [0.25, 0.3) is 75.1 Å². The van der Waals surface area contributed by atoms with Gasteiger partial charge in [-0.25, -0.2) is 0 Å². The van der Waals surface area contributed by atoms with Gasteiger partial charge in [0.15, 0.2) is 0 Å². The van der Waals surface area contributed by atoms with Crippen LogP contribution in [0.3, 0.4) is 0 Å². The van der Waals surface area contributed by atoms with Gasteiger partial charge in [-0.1, -0.05) is 170 Å². The molecule has 0 saturated heterocycles. The first-order valence-corrected chi connectivity index (χ1v) is 18.6. The van der Waals surface area contributed by atoms with Crippen LogP contribution in [-0.4, -0.2) is 0 Å². The van der Waals surface area contributed by atoms with Crippen molar-refractivity contribution < 1.29 is 0 Å². The van der Waals surface area contributed by atoms with Gasteiger partial charge >= 0.3 is 0 Å². The minimum Gasteiger partial charge on any atom is -0.308 e. The lowest BCUT2D eigenvalue weighted by atomic mass is 9.95. The third-order valence-corrected chi connectivity index (χ3v) is 11.5. The molecule has 10 aromatic rings. The van der Waals surface area contributed by atoms with Crippen molar-refractivity contribution in [3.05, 3.63) is 200 Å². The van der Waals surface area contributed by atoms with Crippen molar-refractivity contribution in [2.75, 3.05) is 4.90 Å². The summed E-state index contributed by atoms with van der Waals surface area (Å²) in [6, 6.07) is 72.8. The molecule has 244 valence electrons.